The molecule has 0 amide bonds. The maximum absolute atomic E-state index is 11.9. The predicted molar refractivity (Wildman–Crippen MR) is 89.9 cm³/mol. The van der Waals surface area contributed by atoms with Crippen LogP contribution in [0.5, 0.6) is 0 Å². The number of carbonyl (C=O) groups is 1. The molecule has 0 aliphatic heterocycles. The Hall–Kier alpha value is -1.13. The molecule has 2 saturated carbocycles. The predicted octanol–water partition coefficient (Wildman–Crippen LogP) is 3.15. The van der Waals surface area contributed by atoms with Gasteiger partial charge in [0.05, 0.1) is 17.1 Å². The Kier molecular flexibility index (Phi) is 4.55. The summed E-state index contributed by atoms with van der Waals surface area (Å²) >= 11 is 0. The van der Waals surface area contributed by atoms with Crippen LogP contribution in [-0.4, -0.2) is 33.0 Å². The summed E-state index contributed by atoms with van der Waals surface area (Å²) in [7, 11) is 0. The fourth-order valence-corrected chi connectivity index (χ4v) is 5.01. The van der Waals surface area contributed by atoms with E-state index in [1.54, 1.807) is 13.8 Å². The summed E-state index contributed by atoms with van der Waals surface area (Å²) in [5.74, 6) is -1.04. The number of hydrogen-bond donors (Lipinski definition) is 3. The van der Waals surface area contributed by atoms with Gasteiger partial charge in [0.2, 0.25) is 0 Å². The van der Waals surface area contributed by atoms with E-state index in [0.29, 0.717) is 19.3 Å². The third kappa shape index (κ3) is 2.87. The van der Waals surface area contributed by atoms with E-state index in [1.807, 2.05) is 0 Å². The maximum atomic E-state index is 11.9. The molecule has 0 aromatic rings. The molecule has 6 atom stereocenters. The third-order valence-electron chi connectivity index (χ3n) is 6.65. The van der Waals surface area contributed by atoms with Gasteiger partial charge in [-0.1, -0.05) is 26.0 Å². The van der Waals surface area contributed by atoms with Gasteiger partial charge in [-0.15, -0.1) is 6.58 Å². The summed E-state index contributed by atoms with van der Waals surface area (Å²) < 4.78 is 0. The Morgan fingerprint density at radius 3 is 2.57 bits per heavy atom. The molecule has 0 spiro atoms. The largest absolute Gasteiger partial charge is 0.481 e. The van der Waals surface area contributed by atoms with Crippen molar-refractivity contribution in [3.05, 3.63) is 24.8 Å². The number of aliphatic carboxylic acids is 1. The summed E-state index contributed by atoms with van der Waals surface area (Å²) in [6, 6.07) is 0. The lowest BCUT2D eigenvalue weighted by atomic mass is 9.45. The van der Waals surface area contributed by atoms with Gasteiger partial charge in [-0.25, -0.2) is 0 Å². The van der Waals surface area contributed by atoms with Gasteiger partial charge < -0.3 is 15.3 Å². The number of aliphatic hydroxyl groups is 2. The topological polar surface area (TPSA) is 77.8 Å². The smallest absolute Gasteiger partial charge is 0.309 e. The first kappa shape index (κ1) is 18.2. The molecule has 2 rings (SSSR count). The van der Waals surface area contributed by atoms with Crippen molar-refractivity contribution in [3.63, 3.8) is 0 Å². The fraction of sp³-hybridized carbons (Fsp3) is 0.737. The van der Waals surface area contributed by atoms with Gasteiger partial charge in [-0.05, 0) is 62.4 Å². The summed E-state index contributed by atoms with van der Waals surface area (Å²) in [5, 5.41) is 30.7. The summed E-state index contributed by atoms with van der Waals surface area (Å²) in [5.41, 5.74) is -1.46. The number of fused-ring (bicyclic) bond motifs is 1. The number of carboxylic acid groups (broad SMARTS) is 1. The van der Waals surface area contributed by atoms with Crippen LogP contribution in [0.3, 0.4) is 0 Å². The van der Waals surface area contributed by atoms with Gasteiger partial charge in [-0.2, -0.15) is 0 Å². The minimum Gasteiger partial charge on any atom is -0.481 e. The Bertz CT molecular complexity index is 523. The quantitative estimate of drug-likeness (QED) is 0.695. The zero-order valence-corrected chi connectivity index (χ0v) is 14.5. The minimum absolute atomic E-state index is 0.122. The van der Waals surface area contributed by atoms with Gasteiger partial charge in [-0.3, -0.25) is 4.79 Å². The number of rotatable bonds is 4. The fourth-order valence-electron chi connectivity index (χ4n) is 5.01. The second-order valence-electron chi connectivity index (χ2n) is 8.28. The van der Waals surface area contributed by atoms with Crippen molar-refractivity contribution in [2.24, 2.45) is 22.7 Å². The van der Waals surface area contributed by atoms with Gasteiger partial charge in [0, 0.05) is 0 Å². The van der Waals surface area contributed by atoms with Crippen LogP contribution in [0.15, 0.2) is 24.8 Å². The van der Waals surface area contributed by atoms with Crippen molar-refractivity contribution >= 4 is 5.97 Å². The zero-order valence-electron chi connectivity index (χ0n) is 14.5. The van der Waals surface area contributed by atoms with E-state index < -0.39 is 23.1 Å². The molecule has 23 heavy (non-hydrogen) atoms. The molecule has 0 radical (unpaired) electrons. The highest BCUT2D eigenvalue weighted by Crippen LogP contribution is 2.62. The molecule has 0 aromatic carbocycles. The Balaban J connectivity index is 2.47. The average molecular weight is 322 g/mol. The van der Waals surface area contributed by atoms with E-state index in [0.717, 1.165) is 18.4 Å². The summed E-state index contributed by atoms with van der Waals surface area (Å²) in [4.78, 5) is 11.9. The molecule has 0 aromatic heterocycles. The van der Waals surface area contributed by atoms with E-state index in [1.165, 1.54) is 6.08 Å². The lowest BCUT2D eigenvalue weighted by molar-refractivity contribution is -0.168. The SMILES string of the molecule is C=C[C@@](C)(O)C[C@H]1C(=C)C(O)CC2[C@]1(C)CCC[C@]2(C)C(=O)O. The van der Waals surface area contributed by atoms with Crippen LogP contribution in [0.4, 0.5) is 0 Å². The first-order valence-electron chi connectivity index (χ1n) is 8.44. The van der Waals surface area contributed by atoms with E-state index in [-0.39, 0.29) is 17.3 Å². The van der Waals surface area contributed by atoms with Crippen LogP contribution < -0.4 is 0 Å². The van der Waals surface area contributed by atoms with Crippen LogP contribution in [-0.2, 0) is 4.79 Å². The molecular weight excluding hydrogens is 292 g/mol. The molecule has 4 nitrogen and oxygen atoms in total. The lowest BCUT2D eigenvalue weighted by Crippen LogP contribution is -2.57. The van der Waals surface area contributed by atoms with E-state index >= 15 is 0 Å². The first-order valence-corrected chi connectivity index (χ1v) is 8.44. The van der Waals surface area contributed by atoms with Crippen LogP contribution in [0, 0.1) is 22.7 Å². The highest BCUT2D eigenvalue weighted by molar-refractivity contribution is 5.75. The molecule has 0 heterocycles. The van der Waals surface area contributed by atoms with Crippen LogP contribution in [0.2, 0.25) is 0 Å². The molecule has 3 N–H and O–H groups in total. The molecule has 130 valence electrons. The summed E-state index contributed by atoms with van der Waals surface area (Å²) in [6.45, 7) is 13.4. The summed E-state index contributed by atoms with van der Waals surface area (Å²) in [6.07, 6.45) is 4.01. The van der Waals surface area contributed by atoms with Gasteiger partial charge >= 0.3 is 5.97 Å². The second-order valence-corrected chi connectivity index (χ2v) is 8.28. The molecular formula is C19H30O4. The van der Waals surface area contributed by atoms with E-state index in [2.05, 4.69) is 20.1 Å². The zero-order chi connectivity index (χ0) is 17.6. The standard InChI is InChI=1S/C19H30O4/c1-6-17(3,23)11-13-12(2)14(20)10-15-18(13,4)8-7-9-19(15,5)16(21)22/h6,13-15,20,23H,1-2,7-11H2,3-5H3,(H,21,22)/t13-,14?,15?,17+,18+,19-/m0/s1. The highest BCUT2D eigenvalue weighted by atomic mass is 16.4. The van der Waals surface area contributed by atoms with E-state index in [9.17, 15) is 20.1 Å². The van der Waals surface area contributed by atoms with Crippen molar-refractivity contribution in [3.8, 4) is 0 Å². The van der Waals surface area contributed by atoms with Crippen molar-refractivity contribution in [1.82, 2.24) is 0 Å². The van der Waals surface area contributed by atoms with Gasteiger partial charge in [0.25, 0.3) is 0 Å². The highest BCUT2D eigenvalue weighted by Gasteiger charge is 2.59. The van der Waals surface area contributed by atoms with Crippen LogP contribution >= 0.6 is 0 Å². The van der Waals surface area contributed by atoms with Crippen molar-refractivity contribution < 1.29 is 20.1 Å². The molecule has 2 aliphatic carbocycles. The Morgan fingerprint density at radius 2 is 2.04 bits per heavy atom. The molecule has 0 bridgehead atoms. The van der Waals surface area contributed by atoms with Crippen molar-refractivity contribution in [1.29, 1.82) is 0 Å². The maximum Gasteiger partial charge on any atom is 0.309 e. The van der Waals surface area contributed by atoms with Crippen molar-refractivity contribution in [2.75, 3.05) is 0 Å². The molecule has 4 heteroatoms. The van der Waals surface area contributed by atoms with Gasteiger partial charge in [0.1, 0.15) is 0 Å². The molecule has 0 saturated heterocycles. The third-order valence-corrected chi connectivity index (χ3v) is 6.65. The Morgan fingerprint density at radius 1 is 1.43 bits per heavy atom. The molecule has 2 unspecified atom stereocenters. The van der Waals surface area contributed by atoms with Crippen LogP contribution in [0.1, 0.15) is 52.9 Å². The lowest BCUT2D eigenvalue weighted by Gasteiger charge is -2.59. The second kappa shape index (κ2) is 5.75. The average Bonchev–Trinajstić information content (AvgIpc) is 2.46. The number of aliphatic hydroxyl groups excluding tert-OH is 1. The Labute approximate surface area is 138 Å². The van der Waals surface area contributed by atoms with Gasteiger partial charge in [0.15, 0.2) is 0 Å². The number of hydrogen-bond acceptors (Lipinski definition) is 3. The first-order chi connectivity index (χ1) is 10.5. The number of carboxylic acids is 1. The monoisotopic (exact) mass is 322 g/mol. The van der Waals surface area contributed by atoms with Crippen LogP contribution in [0.25, 0.3) is 0 Å². The molecule has 2 fully saturated rings. The molecule has 2 aliphatic rings. The minimum atomic E-state index is -1.06. The van der Waals surface area contributed by atoms with Crippen molar-refractivity contribution in [2.45, 2.75) is 64.6 Å². The normalized spacial score (nSPS) is 43.3. The van der Waals surface area contributed by atoms with E-state index in [4.69, 9.17) is 0 Å².